The number of aromatic nitrogens is 4. The topological polar surface area (TPSA) is 98.5 Å². The summed E-state index contributed by atoms with van der Waals surface area (Å²) in [5, 5.41) is 14.9. The molecule has 8 heteroatoms. The van der Waals surface area contributed by atoms with Crippen molar-refractivity contribution in [2.24, 2.45) is 0 Å². The Morgan fingerprint density at radius 2 is 1.79 bits per heavy atom. The second kappa shape index (κ2) is 10.7. The van der Waals surface area contributed by atoms with Gasteiger partial charge in [-0.15, -0.1) is 0 Å². The molecule has 0 aliphatic carbocycles. The van der Waals surface area contributed by atoms with Gasteiger partial charge in [0, 0.05) is 28.9 Å². The molecule has 0 spiro atoms. The number of hydrogen-bond acceptors (Lipinski definition) is 4. The van der Waals surface area contributed by atoms with Gasteiger partial charge in [0.25, 0.3) is 0 Å². The minimum atomic E-state index is -0.285. The van der Waals surface area contributed by atoms with Gasteiger partial charge in [0.1, 0.15) is 17.3 Å². The fourth-order valence-corrected chi connectivity index (χ4v) is 5.23. The molecule has 0 saturated carbocycles. The Bertz CT molecular complexity index is 2000. The molecule has 4 heterocycles. The molecule has 7 nitrogen and oxygen atoms in total. The first kappa shape index (κ1) is 25.2. The van der Waals surface area contributed by atoms with Gasteiger partial charge in [-0.2, -0.15) is 5.10 Å². The molecule has 1 amide bonds. The predicted octanol–water partition coefficient (Wildman–Crippen LogP) is 7.31. The molecule has 3 aromatic carbocycles. The molecule has 0 atom stereocenters. The highest BCUT2D eigenvalue weighted by Gasteiger charge is 2.19. The van der Waals surface area contributed by atoms with Gasteiger partial charge < -0.3 is 15.6 Å². The van der Waals surface area contributed by atoms with Crippen LogP contribution in [0.3, 0.4) is 0 Å². The zero-order valence-corrected chi connectivity index (χ0v) is 22.4. The summed E-state index contributed by atoms with van der Waals surface area (Å²) in [6.07, 6.45) is 9.41. The number of fused-ring (bicyclic) bond motifs is 2. The fourth-order valence-electron chi connectivity index (χ4n) is 5.23. The van der Waals surface area contributed by atoms with Gasteiger partial charge in [-0.25, -0.2) is 4.39 Å². The molecular formula is C34H25FN6O. The second-order valence-electron chi connectivity index (χ2n) is 10.1. The molecule has 1 aliphatic heterocycles. The lowest BCUT2D eigenvalue weighted by Gasteiger charge is -2.08. The molecule has 204 valence electrons. The number of carbonyl (C=O) groups is 1. The number of pyridine rings is 1. The number of rotatable bonds is 6. The Hall–Kier alpha value is -5.76. The van der Waals surface area contributed by atoms with E-state index in [0.717, 1.165) is 61.5 Å². The van der Waals surface area contributed by atoms with Gasteiger partial charge in [-0.3, -0.25) is 14.9 Å². The van der Waals surface area contributed by atoms with Gasteiger partial charge >= 0.3 is 0 Å². The molecule has 0 saturated heterocycles. The van der Waals surface area contributed by atoms with E-state index in [4.69, 9.17) is 0 Å². The number of benzene rings is 3. The van der Waals surface area contributed by atoms with E-state index in [-0.39, 0.29) is 18.1 Å². The molecule has 0 fully saturated rings. The largest absolute Gasteiger partial charge is 0.348 e. The lowest BCUT2D eigenvalue weighted by Crippen LogP contribution is -2.14. The summed E-state index contributed by atoms with van der Waals surface area (Å²) >= 11 is 0. The first-order valence-corrected chi connectivity index (χ1v) is 13.5. The van der Waals surface area contributed by atoms with Crippen molar-refractivity contribution < 1.29 is 9.18 Å². The van der Waals surface area contributed by atoms with Crippen molar-refractivity contribution in [2.45, 2.75) is 6.42 Å². The fraction of sp³-hybridized carbons (Fsp3) is 0.0294. The van der Waals surface area contributed by atoms with Gasteiger partial charge in [0.2, 0.25) is 5.91 Å². The van der Waals surface area contributed by atoms with Crippen LogP contribution in [0.5, 0.6) is 0 Å². The van der Waals surface area contributed by atoms with E-state index in [0.29, 0.717) is 5.69 Å². The van der Waals surface area contributed by atoms with E-state index in [9.17, 15) is 9.18 Å². The van der Waals surface area contributed by atoms with Crippen LogP contribution in [0, 0.1) is 5.82 Å². The number of H-pyrrole nitrogens is 2. The van der Waals surface area contributed by atoms with Crippen LogP contribution >= 0.6 is 0 Å². The Morgan fingerprint density at radius 3 is 2.67 bits per heavy atom. The second-order valence-corrected chi connectivity index (χ2v) is 10.1. The lowest BCUT2D eigenvalue weighted by molar-refractivity contribution is -0.115. The first-order valence-electron chi connectivity index (χ1n) is 13.5. The smallest absolute Gasteiger partial charge is 0.228 e. The standard InChI is InChI=1S/C34H25FN6O/c35-25-9-4-8-23(15-25)27-10-5-13-37-34-28(27)18-31(39-34)33-29-17-22(11-12-30(29)40-41-33)24-16-26(20-36-19-24)38-32(42)14-21-6-2-1-3-7-21/h1-13,15-20,37,39H,14H2,(H,38,42)(H,40,41). The molecule has 1 aliphatic rings. The number of hydrogen-bond donors (Lipinski definition) is 4. The molecule has 4 N–H and O–H groups in total. The third kappa shape index (κ3) is 4.97. The van der Waals surface area contributed by atoms with E-state index >= 15 is 0 Å². The van der Waals surface area contributed by atoms with Crippen LogP contribution in [0.1, 0.15) is 16.7 Å². The molecular weight excluding hydrogens is 527 g/mol. The van der Waals surface area contributed by atoms with E-state index in [2.05, 4.69) is 36.9 Å². The zero-order chi connectivity index (χ0) is 28.5. The summed E-state index contributed by atoms with van der Waals surface area (Å²) in [5.41, 5.74) is 8.42. The third-order valence-corrected chi connectivity index (χ3v) is 7.21. The van der Waals surface area contributed by atoms with Crippen molar-refractivity contribution in [3.05, 3.63) is 138 Å². The monoisotopic (exact) mass is 552 g/mol. The summed E-state index contributed by atoms with van der Waals surface area (Å²) in [6, 6.07) is 26.2. The maximum absolute atomic E-state index is 14.0. The van der Waals surface area contributed by atoms with Crippen LogP contribution < -0.4 is 10.6 Å². The summed E-state index contributed by atoms with van der Waals surface area (Å²) in [4.78, 5) is 20.4. The number of halogens is 1. The molecule has 42 heavy (non-hydrogen) atoms. The number of nitrogens with zero attached hydrogens (tertiary/aromatic N) is 2. The van der Waals surface area contributed by atoms with Crippen molar-refractivity contribution in [3.8, 4) is 22.5 Å². The van der Waals surface area contributed by atoms with Crippen molar-refractivity contribution in [3.63, 3.8) is 0 Å². The number of amides is 1. The molecule has 0 radical (unpaired) electrons. The highest BCUT2D eigenvalue weighted by atomic mass is 19.1. The Kier molecular flexibility index (Phi) is 6.41. The van der Waals surface area contributed by atoms with Crippen LogP contribution in [0.25, 0.3) is 39.0 Å². The molecule has 7 rings (SSSR count). The lowest BCUT2D eigenvalue weighted by atomic mass is 9.98. The van der Waals surface area contributed by atoms with Crippen LogP contribution in [-0.4, -0.2) is 26.1 Å². The first-order chi connectivity index (χ1) is 20.6. The van der Waals surface area contributed by atoms with Crippen molar-refractivity contribution in [2.75, 3.05) is 10.6 Å². The van der Waals surface area contributed by atoms with E-state index < -0.39 is 0 Å². The summed E-state index contributed by atoms with van der Waals surface area (Å²) in [7, 11) is 0. The highest BCUT2D eigenvalue weighted by Crippen LogP contribution is 2.37. The molecule has 0 unspecified atom stereocenters. The maximum atomic E-state index is 14.0. The number of carbonyl (C=O) groups excluding carboxylic acids is 1. The average Bonchev–Trinajstić information content (AvgIpc) is 3.56. The summed E-state index contributed by atoms with van der Waals surface area (Å²) < 4.78 is 14.0. The number of nitrogens with one attached hydrogen (secondary N) is 4. The van der Waals surface area contributed by atoms with E-state index in [1.54, 1.807) is 18.5 Å². The van der Waals surface area contributed by atoms with Crippen LogP contribution in [0.15, 0.2) is 116 Å². The van der Waals surface area contributed by atoms with Crippen LogP contribution in [-0.2, 0) is 11.2 Å². The van der Waals surface area contributed by atoms with Crippen LogP contribution in [0.2, 0.25) is 0 Å². The maximum Gasteiger partial charge on any atom is 0.228 e. The van der Waals surface area contributed by atoms with Crippen molar-refractivity contribution >= 4 is 33.9 Å². The third-order valence-electron chi connectivity index (χ3n) is 7.21. The normalized spacial score (nSPS) is 12.4. The van der Waals surface area contributed by atoms with Crippen molar-refractivity contribution in [1.29, 1.82) is 0 Å². The zero-order valence-electron chi connectivity index (χ0n) is 22.4. The Labute approximate surface area is 240 Å². The van der Waals surface area contributed by atoms with Gasteiger partial charge in [-0.05, 0) is 64.7 Å². The molecule has 0 bridgehead atoms. The van der Waals surface area contributed by atoms with Crippen LogP contribution in [0.4, 0.5) is 15.9 Å². The minimum Gasteiger partial charge on any atom is -0.348 e. The van der Waals surface area contributed by atoms with Gasteiger partial charge in [0.05, 0.1) is 29.5 Å². The SMILES string of the molecule is O=C(Cc1ccccc1)Nc1cncc(-c2ccc3[nH]nc(-c4cc5c([nH]4)NC=CC=C5c4cccc(F)c4)c3c2)c1. The van der Waals surface area contributed by atoms with E-state index in [1.807, 2.05) is 79.0 Å². The predicted molar refractivity (Wildman–Crippen MR) is 164 cm³/mol. The summed E-state index contributed by atoms with van der Waals surface area (Å²) in [6.45, 7) is 0. The van der Waals surface area contributed by atoms with Crippen molar-refractivity contribution in [1.82, 2.24) is 20.2 Å². The van der Waals surface area contributed by atoms with Gasteiger partial charge in [-0.1, -0.05) is 54.6 Å². The Morgan fingerprint density at radius 1 is 0.881 bits per heavy atom. The molecule has 3 aromatic heterocycles. The number of allylic oxidation sites excluding steroid dienone is 2. The molecule has 6 aromatic rings. The summed E-state index contributed by atoms with van der Waals surface area (Å²) in [5.74, 6) is 0.408. The Balaban J connectivity index is 1.20. The number of anilines is 2. The van der Waals surface area contributed by atoms with E-state index in [1.165, 1.54) is 12.1 Å². The average molecular weight is 553 g/mol. The van der Waals surface area contributed by atoms with Gasteiger partial charge in [0.15, 0.2) is 0 Å². The minimum absolute atomic E-state index is 0.102. The quantitative estimate of drug-likeness (QED) is 0.174. The number of aromatic amines is 2. The highest BCUT2D eigenvalue weighted by molar-refractivity contribution is 5.98.